The quantitative estimate of drug-likeness (QED) is 0.571. The highest BCUT2D eigenvalue weighted by atomic mass is 16.5. The van der Waals surface area contributed by atoms with Gasteiger partial charge in [-0.05, 0) is 31.6 Å². The summed E-state index contributed by atoms with van der Waals surface area (Å²) in [6.07, 6.45) is 5.20. The number of hydrogen-bond acceptors (Lipinski definition) is 2. The minimum atomic E-state index is 0.571. The van der Waals surface area contributed by atoms with Crippen LogP contribution in [0.5, 0.6) is 0 Å². The van der Waals surface area contributed by atoms with Crippen LogP contribution in [0.15, 0.2) is 47.5 Å². The van der Waals surface area contributed by atoms with Crippen LogP contribution in [-0.4, -0.2) is 0 Å². The van der Waals surface area contributed by atoms with E-state index in [2.05, 4.69) is 12.6 Å². The van der Waals surface area contributed by atoms with Gasteiger partial charge in [-0.15, -0.1) is 0 Å². The van der Waals surface area contributed by atoms with Gasteiger partial charge >= 0.3 is 0 Å². The Morgan fingerprint density at radius 2 is 2.00 bits per heavy atom. The molecular weight excluding hydrogens is 162 g/mol. The normalized spacial score (nSPS) is 15.0. The predicted molar refractivity (Wildman–Crippen MR) is 51.4 cm³/mol. The van der Waals surface area contributed by atoms with Crippen LogP contribution >= 0.6 is 0 Å². The van der Waals surface area contributed by atoms with Gasteiger partial charge in [-0.1, -0.05) is 12.7 Å². The fourth-order valence-corrected chi connectivity index (χ4v) is 1.18. The average molecular weight is 173 g/mol. The minimum absolute atomic E-state index is 0.571. The number of nitrogens with zero attached hydrogens (tertiary/aromatic N) is 1. The van der Waals surface area contributed by atoms with E-state index >= 15 is 0 Å². The second kappa shape index (κ2) is 3.77. The van der Waals surface area contributed by atoms with Crippen LogP contribution in [0, 0.1) is 11.3 Å². The molecule has 0 radical (unpaired) electrons. The van der Waals surface area contributed by atoms with E-state index in [4.69, 9.17) is 10.00 Å². The van der Waals surface area contributed by atoms with Gasteiger partial charge in [0.2, 0.25) is 0 Å². The summed E-state index contributed by atoms with van der Waals surface area (Å²) in [5.74, 6) is 1.59. The Kier molecular flexibility index (Phi) is 2.71. The van der Waals surface area contributed by atoms with E-state index in [9.17, 15) is 0 Å². The Bertz CT molecular complexity index is 344. The van der Waals surface area contributed by atoms with E-state index in [1.54, 1.807) is 6.08 Å². The molecule has 0 bridgehead atoms. The van der Waals surface area contributed by atoms with Crippen LogP contribution in [0.2, 0.25) is 0 Å². The van der Waals surface area contributed by atoms with E-state index in [1.807, 2.05) is 26.0 Å². The largest absolute Gasteiger partial charge is 0.467 e. The highest BCUT2D eigenvalue weighted by Gasteiger charge is 2.06. The van der Waals surface area contributed by atoms with Crippen molar-refractivity contribution in [1.82, 2.24) is 0 Å². The van der Waals surface area contributed by atoms with Crippen LogP contribution in [-0.2, 0) is 4.74 Å². The van der Waals surface area contributed by atoms with Crippen LogP contribution in [0.4, 0.5) is 0 Å². The Balaban J connectivity index is 3.19. The molecule has 0 saturated carbocycles. The molecule has 0 spiro atoms. The van der Waals surface area contributed by atoms with Crippen LogP contribution < -0.4 is 0 Å². The van der Waals surface area contributed by atoms with Crippen molar-refractivity contribution in [2.75, 3.05) is 0 Å². The van der Waals surface area contributed by atoms with Crippen molar-refractivity contribution in [3.05, 3.63) is 47.5 Å². The van der Waals surface area contributed by atoms with Gasteiger partial charge in [0.1, 0.15) is 11.5 Å². The number of rotatable bonds is 1. The second-order valence-electron chi connectivity index (χ2n) is 2.80. The molecule has 1 rings (SSSR count). The molecule has 0 saturated heterocycles. The molecule has 0 atom stereocenters. The lowest BCUT2D eigenvalue weighted by atomic mass is 10.1. The molecular formula is C11H11NO. The minimum Gasteiger partial charge on any atom is -0.467 e. The first-order valence-corrected chi connectivity index (χ1v) is 3.98. The number of hydrogen-bond donors (Lipinski definition) is 0. The van der Waals surface area contributed by atoms with E-state index < -0.39 is 0 Å². The summed E-state index contributed by atoms with van der Waals surface area (Å²) >= 11 is 0. The molecule has 0 N–H and O–H groups in total. The van der Waals surface area contributed by atoms with E-state index in [0.29, 0.717) is 5.57 Å². The number of allylic oxidation sites excluding steroid dienone is 7. The van der Waals surface area contributed by atoms with Crippen molar-refractivity contribution in [3.63, 3.8) is 0 Å². The van der Waals surface area contributed by atoms with Crippen LogP contribution in [0.3, 0.4) is 0 Å². The maximum atomic E-state index is 8.77. The molecule has 1 heterocycles. The summed E-state index contributed by atoms with van der Waals surface area (Å²) in [5.41, 5.74) is 1.43. The molecule has 1 aliphatic rings. The summed E-state index contributed by atoms with van der Waals surface area (Å²) in [7, 11) is 0. The molecule has 0 aromatic carbocycles. The highest BCUT2D eigenvalue weighted by molar-refractivity contribution is 5.49. The van der Waals surface area contributed by atoms with Crippen molar-refractivity contribution in [3.8, 4) is 6.07 Å². The third-order valence-corrected chi connectivity index (χ3v) is 1.68. The molecule has 66 valence electrons. The maximum Gasteiger partial charge on any atom is 0.101 e. The number of nitriles is 1. The molecule has 0 unspecified atom stereocenters. The first kappa shape index (κ1) is 9.34. The lowest BCUT2D eigenvalue weighted by molar-refractivity contribution is 0.304. The Morgan fingerprint density at radius 3 is 2.38 bits per heavy atom. The summed E-state index contributed by atoms with van der Waals surface area (Å²) in [6.45, 7) is 7.29. The molecule has 0 aliphatic carbocycles. The maximum absolute atomic E-state index is 8.77. The first-order valence-electron chi connectivity index (χ1n) is 3.98. The first-order chi connectivity index (χ1) is 6.17. The number of ether oxygens (including phenoxy) is 1. The van der Waals surface area contributed by atoms with Crippen molar-refractivity contribution in [2.45, 2.75) is 13.8 Å². The molecule has 0 fully saturated rings. The zero-order valence-electron chi connectivity index (χ0n) is 7.79. The summed E-state index contributed by atoms with van der Waals surface area (Å²) in [5, 5.41) is 8.77. The molecule has 0 aromatic rings. The van der Waals surface area contributed by atoms with Crippen LogP contribution in [0.25, 0.3) is 0 Å². The van der Waals surface area contributed by atoms with E-state index in [-0.39, 0.29) is 0 Å². The lowest BCUT2D eigenvalue weighted by Crippen LogP contribution is -1.95. The third kappa shape index (κ3) is 2.09. The van der Waals surface area contributed by atoms with Gasteiger partial charge in [0.05, 0.1) is 11.6 Å². The van der Waals surface area contributed by atoms with Gasteiger partial charge in [0.25, 0.3) is 0 Å². The Hall–Kier alpha value is -1.75. The second-order valence-corrected chi connectivity index (χ2v) is 2.80. The molecule has 0 aromatic heterocycles. The Morgan fingerprint density at radius 1 is 1.46 bits per heavy atom. The molecule has 2 heteroatoms. The fraction of sp³-hybridized carbons (Fsp3) is 0.182. The fourth-order valence-electron chi connectivity index (χ4n) is 1.18. The highest BCUT2D eigenvalue weighted by Crippen LogP contribution is 2.20. The molecule has 1 aliphatic heterocycles. The van der Waals surface area contributed by atoms with E-state index in [0.717, 1.165) is 17.1 Å². The zero-order valence-corrected chi connectivity index (χ0v) is 7.79. The topological polar surface area (TPSA) is 33.0 Å². The summed E-state index contributed by atoms with van der Waals surface area (Å²) < 4.78 is 5.30. The van der Waals surface area contributed by atoms with Gasteiger partial charge in [-0.2, -0.15) is 5.26 Å². The molecule has 2 nitrogen and oxygen atoms in total. The predicted octanol–water partition coefficient (Wildman–Crippen LogP) is 2.83. The van der Waals surface area contributed by atoms with Crippen molar-refractivity contribution >= 4 is 0 Å². The summed E-state index contributed by atoms with van der Waals surface area (Å²) in [4.78, 5) is 0. The SMILES string of the molecule is C=CC(C#N)=C1C=C(C)OC(C)=C1. The molecule has 0 amide bonds. The smallest absolute Gasteiger partial charge is 0.101 e. The Labute approximate surface area is 78.1 Å². The van der Waals surface area contributed by atoms with Gasteiger partial charge in [0.15, 0.2) is 0 Å². The monoisotopic (exact) mass is 173 g/mol. The van der Waals surface area contributed by atoms with Gasteiger partial charge in [0, 0.05) is 0 Å². The third-order valence-electron chi connectivity index (χ3n) is 1.68. The van der Waals surface area contributed by atoms with Crippen molar-refractivity contribution < 1.29 is 4.74 Å². The average Bonchev–Trinajstić information content (AvgIpc) is 2.04. The van der Waals surface area contributed by atoms with Gasteiger partial charge in [-0.3, -0.25) is 0 Å². The van der Waals surface area contributed by atoms with Crippen LogP contribution in [0.1, 0.15) is 13.8 Å². The van der Waals surface area contributed by atoms with Crippen molar-refractivity contribution in [2.24, 2.45) is 0 Å². The van der Waals surface area contributed by atoms with E-state index in [1.165, 1.54) is 0 Å². The van der Waals surface area contributed by atoms with Gasteiger partial charge in [-0.25, -0.2) is 0 Å². The zero-order chi connectivity index (χ0) is 9.84. The van der Waals surface area contributed by atoms with Gasteiger partial charge < -0.3 is 4.74 Å². The lowest BCUT2D eigenvalue weighted by Gasteiger charge is -2.12. The molecule has 13 heavy (non-hydrogen) atoms. The standard InChI is InChI=1S/C11H11NO/c1-4-10(7-12)11-5-8(2)13-9(3)6-11/h4-6H,1H2,2-3H3. The summed E-state index contributed by atoms with van der Waals surface area (Å²) in [6, 6.07) is 2.08. The van der Waals surface area contributed by atoms with Crippen molar-refractivity contribution in [1.29, 1.82) is 5.26 Å².